The highest BCUT2D eigenvalue weighted by Gasteiger charge is 2.27. The Bertz CT molecular complexity index is 306. The first-order chi connectivity index (χ1) is 8.30. The molecule has 5 heteroatoms. The third kappa shape index (κ3) is 5.38. The van der Waals surface area contributed by atoms with Crippen LogP contribution in [0.3, 0.4) is 0 Å². The van der Waals surface area contributed by atoms with E-state index in [9.17, 15) is 9.59 Å². The van der Waals surface area contributed by atoms with Crippen molar-refractivity contribution in [3.63, 3.8) is 0 Å². The molecule has 18 heavy (non-hydrogen) atoms. The summed E-state index contributed by atoms with van der Waals surface area (Å²) in [5, 5.41) is 11.6. The molecule has 1 rings (SSSR count). The molecular weight excluding hydrogens is 232 g/mol. The fourth-order valence-corrected chi connectivity index (χ4v) is 1.83. The van der Waals surface area contributed by atoms with Gasteiger partial charge in [0.05, 0.1) is 6.42 Å². The van der Waals surface area contributed by atoms with Gasteiger partial charge in [0.15, 0.2) is 0 Å². The lowest BCUT2D eigenvalue weighted by Crippen LogP contribution is -2.51. The van der Waals surface area contributed by atoms with Crippen molar-refractivity contribution >= 4 is 12.0 Å². The first kappa shape index (κ1) is 14.8. The van der Waals surface area contributed by atoms with Crippen molar-refractivity contribution in [2.24, 2.45) is 5.92 Å². The molecule has 1 saturated carbocycles. The molecule has 2 N–H and O–H groups in total. The van der Waals surface area contributed by atoms with Crippen LogP contribution in [0.2, 0.25) is 0 Å². The van der Waals surface area contributed by atoms with Crippen molar-refractivity contribution in [1.82, 2.24) is 10.2 Å². The van der Waals surface area contributed by atoms with E-state index in [2.05, 4.69) is 5.32 Å². The number of aliphatic carboxylic acids is 1. The molecule has 0 aromatic heterocycles. The number of carbonyl (C=O) groups is 2. The Morgan fingerprint density at radius 3 is 2.39 bits per heavy atom. The zero-order valence-corrected chi connectivity index (χ0v) is 11.5. The zero-order chi connectivity index (χ0) is 13.8. The molecular formula is C13H24N2O3. The highest BCUT2D eigenvalue weighted by Crippen LogP contribution is 2.31. The monoisotopic (exact) mass is 256 g/mol. The molecule has 0 heterocycles. The zero-order valence-electron chi connectivity index (χ0n) is 11.5. The molecule has 5 nitrogen and oxygen atoms in total. The summed E-state index contributed by atoms with van der Waals surface area (Å²) in [7, 11) is 0. The van der Waals surface area contributed by atoms with Gasteiger partial charge in [0.1, 0.15) is 0 Å². The number of urea groups is 1. The Morgan fingerprint density at radius 2 is 1.94 bits per heavy atom. The van der Waals surface area contributed by atoms with Crippen LogP contribution in [0.4, 0.5) is 4.79 Å². The molecule has 0 aliphatic heterocycles. The van der Waals surface area contributed by atoms with E-state index in [4.69, 9.17) is 5.11 Å². The lowest BCUT2D eigenvalue weighted by Gasteiger charge is -2.35. The molecule has 0 saturated heterocycles. The average Bonchev–Trinajstić information content (AvgIpc) is 2.99. The van der Waals surface area contributed by atoms with Crippen LogP contribution in [0, 0.1) is 5.92 Å². The van der Waals surface area contributed by atoms with Gasteiger partial charge in [-0.15, -0.1) is 0 Å². The highest BCUT2D eigenvalue weighted by atomic mass is 16.4. The van der Waals surface area contributed by atoms with Gasteiger partial charge in [-0.2, -0.15) is 0 Å². The van der Waals surface area contributed by atoms with Gasteiger partial charge in [0.2, 0.25) is 0 Å². The third-order valence-electron chi connectivity index (χ3n) is 3.13. The molecule has 0 aromatic rings. The molecule has 0 radical (unpaired) electrons. The lowest BCUT2D eigenvalue weighted by molar-refractivity contribution is -0.137. The Labute approximate surface area is 109 Å². The van der Waals surface area contributed by atoms with Gasteiger partial charge < -0.3 is 15.3 Å². The molecule has 1 aliphatic rings. The van der Waals surface area contributed by atoms with Crippen molar-refractivity contribution in [2.75, 3.05) is 13.1 Å². The number of carboxylic acids is 1. The number of nitrogens with one attached hydrogen (secondary N) is 1. The maximum Gasteiger partial charge on any atom is 0.317 e. The van der Waals surface area contributed by atoms with Crippen molar-refractivity contribution in [3.8, 4) is 0 Å². The number of hydrogen-bond acceptors (Lipinski definition) is 2. The molecule has 1 fully saturated rings. The van der Waals surface area contributed by atoms with E-state index < -0.39 is 5.97 Å². The van der Waals surface area contributed by atoms with E-state index in [1.54, 1.807) is 4.90 Å². The van der Waals surface area contributed by atoms with E-state index in [-0.39, 0.29) is 24.5 Å². The minimum Gasteiger partial charge on any atom is -0.481 e. The number of carboxylic acid groups (broad SMARTS) is 1. The molecule has 0 atom stereocenters. The quantitative estimate of drug-likeness (QED) is 0.764. The van der Waals surface area contributed by atoms with Gasteiger partial charge in [-0.25, -0.2) is 4.79 Å². The number of carbonyl (C=O) groups excluding carboxylic acids is 1. The van der Waals surface area contributed by atoms with Crippen LogP contribution in [-0.4, -0.2) is 40.6 Å². The second-order valence-corrected chi connectivity index (χ2v) is 5.93. The first-order valence-electron chi connectivity index (χ1n) is 6.58. The van der Waals surface area contributed by atoms with Crippen LogP contribution >= 0.6 is 0 Å². The largest absolute Gasteiger partial charge is 0.481 e. The second-order valence-electron chi connectivity index (χ2n) is 5.93. The average molecular weight is 256 g/mol. The second kappa shape index (κ2) is 6.07. The van der Waals surface area contributed by atoms with Crippen LogP contribution in [0.15, 0.2) is 0 Å². The van der Waals surface area contributed by atoms with E-state index >= 15 is 0 Å². The van der Waals surface area contributed by atoms with Crippen LogP contribution in [0.5, 0.6) is 0 Å². The summed E-state index contributed by atoms with van der Waals surface area (Å²) >= 11 is 0. The standard InChI is InChI=1S/C13H24N2O3/c1-13(2,3)15(9-7-11(16)17)12(18)14-8-6-10-4-5-10/h10H,4-9H2,1-3H3,(H,14,18)(H,16,17). The molecule has 0 unspecified atom stereocenters. The van der Waals surface area contributed by atoms with Crippen molar-refractivity contribution in [3.05, 3.63) is 0 Å². The summed E-state index contributed by atoms with van der Waals surface area (Å²) in [6, 6.07) is -0.163. The minimum absolute atomic E-state index is 0.0205. The molecule has 0 bridgehead atoms. The predicted octanol–water partition coefficient (Wildman–Crippen LogP) is 2.07. The fraction of sp³-hybridized carbons (Fsp3) is 0.846. The third-order valence-corrected chi connectivity index (χ3v) is 3.13. The molecule has 1 aliphatic carbocycles. The Kier molecular flexibility index (Phi) is 4.99. The maximum atomic E-state index is 12.0. The normalized spacial score (nSPS) is 15.3. The van der Waals surface area contributed by atoms with E-state index in [1.807, 2.05) is 20.8 Å². The summed E-state index contributed by atoms with van der Waals surface area (Å²) in [6.45, 7) is 6.66. The highest BCUT2D eigenvalue weighted by molar-refractivity contribution is 5.76. The van der Waals surface area contributed by atoms with E-state index in [0.717, 1.165) is 12.3 Å². The van der Waals surface area contributed by atoms with E-state index in [1.165, 1.54) is 12.8 Å². The van der Waals surface area contributed by atoms with Crippen molar-refractivity contribution in [1.29, 1.82) is 0 Å². The fourth-order valence-electron chi connectivity index (χ4n) is 1.83. The summed E-state index contributed by atoms with van der Waals surface area (Å²) in [6.07, 6.45) is 3.56. The number of hydrogen-bond donors (Lipinski definition) is 2. The summed E-state index contributed by atoms with van der Waals surface area (Å²) < 4.78 is 0. The molecule has 104 valence electrons. The van der Waals surface area contributed by atoms with E-state index in [0.29, 0.717) is 6.54 Å². The van der Waals surface area contributed by atoms with Crippen LogP contribution in [0.25, 0.3) is 0 Å². The Morgan fingerprint density at radius 1 is 1.33 bits per heavy atom. The summed E-state index contributed by atoms with van der Waals surface area (Å²) in [4.78, 5) is 24.2. The Hall–Kier alpha value is -1.26. The van der Waals surface area contributed by atoms with Gasteiger partial charge in [-0.05, 0) is 33.1 Å². The van der Waals surface area contributed by atoms with Crippen molar-refractivity contribution in [2.45, 2.75) is 52.0 Å². The molecule has 2 amide bonds. The SMILES string of the molecule is CC(C)(C)N(CCC(=O)O)C(=O)NCCC1CC1. The van der Waals surface area contributed by atoms with Gasteiger partial charge in [-0.3, -0.25) is 4.79 Å². The Balaban J connectivity index is 2.40. The summed E-state index contributed by atoms with van der Waals surface area (Å²) in [5.41, 5.74) is -0.362. The summed E-state index contributed by atoms with van der Waals surface area (Å²) in [5.74, 6) is -0.0950. The minimum atomic E-state index is -0.880. The van der Waals surface area contributed by atoms with Gasteiger partial charge >= 0.3 is 12.0 Å². The maximum absolute atomic E-state index is 12.0. The number of nitrogens with zero attached hydrogens (tertiary/aromatic N) is 1. The van der Waals surface area contributed by atoms with Crippen LogP contribution in [0.1, 0.15) is 46.5 Å². The van der Waals surface area contributed by atoms with Gasteiger partial charge in [0, 0.05) is 18.6 Å². The number of rotatable bonds is 6. The molecule has 0 spiro atoms. The van der Waals surface area contributed by atoms with Gasteiger partial charge in [-0.1, -0.05) is 12.8 Å². The van der Waals surface area contributed by atoms with Gasteiger partial charge in [0.25, 0.3) is 0 Å². The smallest absolute Gasteiger partial charge is 0.317 e. The first-order valence-corrected chi connectivity index (χ1v) is 6.58. The van der Waals surface area contributed by atoms with Crippen LogP contribution in [-0.2, 0) is 4.79 Å². The topological polar surface area (TPSA) is 69.6 Å². The lowest BCUT2D eigenvalue weighted by atomic mass is 10.1. The van der Waals surface area contributed by atoms with Crippen LogP contribution < -0.4 is 5.32 Å². The van der Waals surface area contributed by atoms with Crippen molar-refractivity contribution < 1.29 is 14.7 Å². The molecule has 0 aromatic carbocycles. The predicted molar refractivity (Wildman–Crippen MR) is 69.5 cm³/mol. The number of amides is 2.